The van der Waals surface area contributed by atoms with Gasteiger partial charge in [-0.25, -0.2) is 4.39 Å². The first-order valence-electron chi connectivity index (χ1n) is 10.9. The fraction of sp³-hybridized carbons (Fsp3) is 0.652. The van der Waals surface area contributed by atoms with Crippen molar-refractivity contribution in [2.75, 3.05) is 19.6 Å². The molecule has 2 aliphatic heterocycles. The zero-order valence-electron chi connectivity index (χ0n) is 16.6. The molecule has 150 valence electrons. The molecule has 2 heterocycles. The van der Waals surface area contributed by atoms with E-state index >= 15 is 0 Å². The Morgan fingerprint density at radius 2 is 1.86 bits per heavy atom. The van der Waals surface area contributed by atoms with Gasteiger partial charge in [-0.2, -0.15) is 5.26 Å². The van der Waals surface area contributed by atoms with E-state index in [0.717, 1.165) is 58.2 Å². The van der Waals surface area contributed by atoms with E-state index in [2.05, 4.69) is 9.80 Å². The molecule has 1 aromatic carbocycles. The van der Waals surface area contributed by atoms with Crippen LogP contribution in [0.2, 0.25) is 0 Å². The van der Waals surface area contributed by atoms with E-state index in [1.165, 1.54) is 18.9 Å². The van der Waals surface area contributed by atoms with Crippen molar-refractivity contribution in [3.63, 3.8) is 0 Å². The van der Waals surface area contributed by atoms with E-state index in [0.29, 0.717) is 41.5 Å². The Bertz CT molecular complexity index is 747. The molecule has 0 aromatic heterocycles. The number of hydrogen-bond acceptors (Lipinski definition) is 3. The van der Waals surface area contributed by atoms with Gasteiger partial charge in [-0.1, -0.05) is 18.9 Å². The summed E-state index contributed by atoms with van der Waals surface area (Å²) in [4.78, 5) is 17.4. The fourth-order valence-corrected chi connectivity index (χ4v) is 4.94. The molecule has 1 atom stereocenters. The van der Waals surface area contributed by atoms with Gasteiger partial charge in [-0.15, -0.1) is 0 Å². The van der Waals surface area contributed by atoms with E-state index in [-0.39, 0.29) is 5.82 Å². The number of piperidine rings is 1. The Balaban J connectivity index is 1.36. The molecule has 0 unspecified atom stereocenters. The number of benzene rings is 1. The first-order chi connectivity index (χ1) is 13.7. The Morgan fingerprint density at radius 1 is 1.07 bits per heavy atom. The van der Waals surface area contributed by atoms with Crippen molar-refractivity contribution in [2.24, 2.45) is 11.8 Å². The minimum absolute atomic E-state index is 0.286. The number of nitriles is 1. The molecule has 3 aliphatic rings. The highest BCUT2D eigenvalue weighted by atomic mass is 19.1. The number of carbonyl (C=O) groups is 1. The number of nitrogens with zero attached hydrogens (tertiary/aromatic N) is 3. The molecule has 4 nitrogen and oxygen atoms in total. The average Bonchev–Trinajstić information content (AvgIpc) is 3.56. The molecule has 3 fully saturated rings. The van der Waals surface area contributed by atoms with Gasteiger partial charge in [0.15, 0.2) is 0 Å². The van der Waals surface area contributed by atoms with E-state index in [9.17, 15) is 9.18 Å². The fourth-order valence-electron chi connectivity index (χ4n) is 4.94. The normalized spacial score (nSPS) is 24.6. The van der Waals surface area contributed by atoms with Gasteiger partial charge in [-0.3, -0.25) is 9.69 Å². The molecule has 0 radical (unpaired) electrons. The van der Waals surface area contributed by atoms with E-state index in [1.807, 2.05) is 6.07 Å². The highest BCUT2D eigenvalue weighted by Crippen LogP contribution is 2.36. The largest absolute Gasteiger partial charge is 0.339 e. The van der Waals surface area contributed by atoms with Crippen LogP contribution in [0.4, 0.5) is 4.39 Å². The molecular weight excluding hydrogens is 353 g/mol. The quantitative estimate of drug-likeness (QED) is 0.787. The lowest BCUT2D eigenvalue weighted by molar-refractivity contribution is -0.136. The van der Waals surface area contributed by atoms with Crippen LogP contribution in [0, 0.1) is 29.0 Å². The van der Waals surface area contributed by atoms with Crippen LogP contribution in [0.3, 0.4) is 0 Å². The first-order valence-corrected chi connectivity index (χ1v) is 10.9. The van der Waals surface area contributed by atoms with E-state index < -0.39 is 0 Å². The maximum Gasteiger partial charge on any atom is 0.225 e. The van der Waals surface area contributed by atoms with Gasteiger partial charge in [0.2, 0.25) is 5.91 Å². The van der Waals surface area contributed by atoms with Crippen molar-refractivity contribution < 1.29 is 9.18 Å². The summed E-state index contributed by atoms with van der Waals surface area (Å²) in [5, 5.41) is 8.89. The van der Waals surface area contributed by atoms with E-state index in [4.69, 9.17) is 5.26 Å². The van der Waals surface area contributed by atoms with Crippen LogP contribution in [-0.4, -0.2) is 41.4 Å². The van der Waals surface area contributed by atoms with Crippen molar-refractivity contribution in [3.8, 4) is 6.07 Å². The summed E-state index contributed by atoms with van der Waals surface area (Å²) in [5.74, 6) is 1.00. The van der Waals surface area contributed by atoms with Crippen LogP contribution < -0.4 is 0 Å². The molecule has 4 rings (SSSR count). The van der Waals surface area contributed by atoms with Crippen molar-refractivity contribution in [1.82, 2.24) is 9.80 Å². The molecule has 28 heavy (non-hydrogen) atoms. The highest BCUT2D eigenvalue weighted by molar-refractivity contribution is 5.81. The van der Waals surface area contributed by atoms with Gasteiger partial charge in [0, 0.05) is 30.6 Å². The molecule has 0 spiro atoms. The van der Waals surface area contributed by atoms with Crippen LogP contribution in [-0.2, 0) is 11.3 Å². The average molecular weight is 384 g/mol. The van der Waals surface area contributed by atoms with Gasteiger partial charge in [0.25, 0.3) is 0 Å². The number of halogens is 1. The lowest BCUT2D eigenvalue weighted by Gasteiger charge is -2.41. The smallest absolute Gasteiger partial charge is 0.225 e. The van der Waals surface area contributed by atoms with Gasteiger partial charge in [-0.05, 0) is 69.7 Å². The zero-order chi connectivity index (χ0) is 19.5. The molecule has 1 amide bonds. The Kier molecular flexibility index (Phi) is 5.96. The van der Waals surface area contributed by atoms with Gasteiger partial charge < -0.3 is 4.90 Å². The number of rotatable bonds is 4. The Hall–Kier alpha value is -1.93. The number of carbonyl (C=O) groups excluding carboxylic acids is 1. The summed E-state index contributed by atoms with van der Waals surface area (Å²) < 4.78 is 14.2. The van der Waals surface area contributed by atoms with Crippen molar-refractivity contribution in [2.45, 2.75) is 64.0 Å². The molecular formula is C23H30FN3O. The second-order valence-electron chi connectivity index (χ2n) is 8.75. The topological polar surface area (TPSA) is 47.3 Å². The van der Waals surface area contributed by atoms with Crippen LogP contribution in [0.5, 0.6) is 0 Å². The highest BCUT2D eigenvalue weighted by Gasteiger charge is 2.39. The molecule has 0 bridgehead atoms. The molecule has 5 heteroatoms. The second kappa shape index (κ2) is 8.61. The SMILES string of the molecule is N#Cc1ccc(CN2CCC([C@@H]3CCCCCN3C(=O)C3CC3)CC2)c(F)c1. The maximum atomic E-state index is 14.2. The number of amides is 1. The van der Waals surface area contributed by atoms with Crippen molar-refractivity contribution in [1.29, 1.82) is 5.26 Å². The number of likely N-dealkylation sites (tertiary alicyclic amines) is 2. The lowest BCUT2D eigenvalue weighted by Crippen LogP contribution is -2.48. The number of hydrogen-bond donors (Lipinski definition) is 0. The summed E-state index contributed by atoms with van der Waals surface area (Å²) in [5.41, 5.74) is 1.03. The summed E-state index contributed by atoms with van der Waals surface area (Å²) in [6.07, 6.45) is 9.08. The third-order valence-electron chi connectivity index (χ3n) is 6.76. The third kappa shape index (κ3) is 4.38. The molecule has 1 aromatic rings. The lowest BCUT2D eigenvalue weighted by atomic mass is 9.85. The molecule has 1 saturated carbocycles. The van der Waals surface area contributed by atoms with Crippen LogP contribution in [0.25, 0.3) is 0 Å². The summed E-state index contributed by atoms with van der Waals surface area (Å²) in [6, 6.07) is 7.15. The zero-order valence-corrected chi connectivity index (χ0v) is 16.6. The second-order valence-corrected chi connectivity index (χ2v) is 8.75. The van der Waals surface area contributed by atoms with Gasteiger partial charge in [0.1, 0.15) is 5.82 Å². The van der Waals surface area contributed by atoms with Crippen LogP contribution in [0.1, 0.15) is 62.5 Å². The predicted molar refractivity (Wildman–Crippen MR) is 106 cm³/mol. The predicted octanol–water partition coefficient (Wildman–Crippen LogP) is 4.09. The van der Waals surface area contributed by atoms with E-state index in [1.54, 1.807) is 12.1 Å². The minimum Gasteiger partial charge on any atom is -0.339 e. The first kappa shape index (κ1) is 19.4. The molecule has 0 N–H and O–H groups in total. The summed E-state index contributed by atoms with van der Waals surface area (Å²) in [7, 11) is 0. The summed E-state index contributed by atoms with van der Waals surface area (Å²) >= 11 is 0. The minimum atomic E-state index is -0.286. The molecule has 1 aliphatic carbocycles. The Labute approximate surface area is 167 Å². The molecule has 2 saturated heterocycles. The van der Waals surface area contributed by atoms with Gasteiger partial charge >= 0.3 is 0 Å². The van der Waals surface area contributed by atoms with Crippen LogP contribution in [0.15, 0.2) is 18.2 Å². The monoisotopic (exact) mass is 383 g/mol. The van der Waals surface area contributed by atoms with Gasteiger partial charge in [0.05, 0.1) is 11.6 Å². The Morgan fingerprint density at radius 3 is 2.54 bits per heavy atom. The van der Waals surface area contributed by atoms with Crippen molar-refractivity contribution >= 4 is 5.91 Å². The third-order valence-corrected chi connectivity index (χ3v) is 6.76. The van der Waals surface area contributed by atoms with Crippen LogP contribution >= 0.6 is 0 Å². The maximum absolute atomic E-state index is 14.2. The standard InChI is InChI=1S/C23H30FN3O/c24-21-14-17(15-25)5-6-20(21)16-26-12-9-18(10-13-26)22-4-2-1-3-11-27(22)23(28)19-7-8-19/h5-6,14,18-19,22H,1-4,7-13,16H2/t22-/m0/s1. The van der Waals surface area contributed by atoms with Crippen molar-refractivity contribution in [3.05, 3.63) is 35.1 Å². The summed E-state index contributed by atoms with van der Waals surface area (Å²) in [6.45, 7) is 3.44.